The molecule has 2 nitrogen and oxygen atoms in total. The molecule has 0 saturated heterocycles. The molecule has 0 atom stereocenters. The zero-order valence-electron chi connectivity index (χ0n) is 21.7. The van der Waals surface area contributed by atoms with E-state index in [1.807, 2.05) is 18.0 Å². The van der Waals surface area contributed by atoms with Crippen molar-refractivity contribution in [3.63, 3.8) is 0 Å². The maximum absolute atomic E-state index is 4.93. The zero-order chi connectivity index (χ0) is 26.5. The Morgan fingerprint density at radius 2 is 1.48 bits per heavy atom. The Morgan fingerprint density at radius 1 is 0.725 bits per heavy atom. The van der Waals surface area contributed by atoms with Crippen molar-refractivity contribution in [2.75, 3.05) is 0 Å². The lowest BCUT2D eigenvalue weighted by molar-refractivity contribution is 1.24. The van der Waals surface area contributed by atoms with Crippen LogP contribution in [0.4, 0.5) is 5.69 Å². The summed E-state index contributed by atoms with van der Waals surface area (Å²) in [6, 6.07) is 41.3. The van der Waals surface area contributed by atoms with Gasteiger partial charge in [0.05, 0.1) is 15.9 Å². The topological polar surface area (TPSA) is 25.2 Å². The van der Waals surface area contributed by atoms with Gasteiger partial charge in [0.15, 0.2) is 4.34 Å². The molecule has 1 aromatic heterocycles. The number of hydrogen-bond donors (Lipinski definition) is 0. The molecule has 0 unspecified atom stereocenters. The Bertz CT molecular complexity index is 2050. The van der Waals surface area contributed by atoms with Crippen molar-refractivity contribution in [1.82, 2.24) is 4.98 Å². The van der Waals surface area contributed by atoms with E-state index in [1.54, 1.807) is 11.3 Å². The monoisotopic (exact) mass is 548 g/mol. The summed E-state index contributed by atoms with van der Waals surface area (Å²) in [5.74, 6) is 0.919. The second-order valence-corrected chi connectivity index (χ2v) is 12.5. The molecule has 0 radical (unpaired) electrons. The number of fused-ring (bicyclic) bond motifs is 6. The highest BCUT2D eigenvalue weighted by molar-refractivity contribution is 8.00. The molecule has 1 aliphatic rings. The fourth-order valence-corrected chi connectivity index (χ4v) is 7.84. The molecule has 0 bridgehead atoms. The van der Waals surface area contributed by atoms with Crippen LogP contribution in [0.15, 0.2) is 125 Å². The standard InChI is InChI=1S/C36H24N2S2/c1-4-10-29-26(9-1)19-27-17-23(13-15-32(27)29)22-39-36-38-34-16-14-28(20-35(34)40-36)37-21-33-30-11-5-2-7-24(30)18-25-8-3-6-12-31(25)33/h1-18,20-21H,19,22H2. The third-order valence-corrected chi connectivity index (χ3v) is 9.96. The quantitative estimate of drug-likeness (QED) is 0.121. The Hall–Kier alpha value is -4.25. The molecule has 0 saturated carbocycles. The molecule has 1 heterocycles. The van der Waals surface area contributed by atoms with Gasteiger partial charge < -0.3 is 0 Å². The van der Waals surface area contributed by atoms with Crippen LogP contribution in [-0.4, -0.2) is 11.2 Å². The van der Waals surface area contributed by atoms with Crippen LogP contribution in [0, 0.1) is 0 Å². The molecule has 7 aromatic rings. The predicted molar refractivity (Wildman–Crippen MR) is 173 cm³/mol. The van der Waals surface area contributed by atoms with E-state index in [9.17, 15) is 0 Å². The van der Waals surface area contributed by atoms with E-state index in [0.717, 1.165) is 33.3 Å². The maximum atomic E-state index is 4.93. The number of thioether (sulfide) groups is 1. The van der Waals surface area contributed by atoms with E-state index in [4.69, 9.17) is 9.98 Å². The number of benzene rings is 6. The van der Waals surface area contributed by atoms with Crippen LogP contribution in [0.25, 0.3) is 42.9 Å². The van der Waals surface area contributed by atoms with Gasteiger partial charge in [-0.2, -0.15) is 0 Å². The van der Waals surface area contributed by atoms with Gasteiger partial charge in [0.2, 0.25) is 0 Å². The van der Waals surface area contributed by atoms with E-state index < -0.39 is 0 Å². The molecule has 0 fully saturated rings. The molecule has 0 spiro atoms. The first-order chi connectivity index (χ1) is 19.8. The second kappa shape index (κ2) is 9.74. The van der Waals surface area contributed by atoms with Gasteiger partial charge in [-0.1, -0.05) is 103 Å². The average Bonchev–Trinajstić information content (AvgIpc) is 3.58. The lowest BCUT2D eigenvalue weighted by Gasteiger charge is -2.07. The smallest absolute Gasteiger partial charge is 0.151 e. The van der Waals surface area contributed by atoms with Gasteiger partial charge >= 0.3 is 0 Å². The zero-order valence-corrected chi connectivity index (χ0v) is 23.3. The number of aromatic nitrogens is 1. The van der Waals surface area contributed by atoms with Crippen molar-refractivity contribution < 1.29 is 0 Å². The molecule has 0 amide bonds. The first-order valence-electron chi connectivity index (χ1n) is 13.5. The fraction of sp³-hybridized carbons (Fsp3) is 0.0556. The summed E-state index contributed by atoms with van der Waals surface area (Å²) < 4.78 is 2.27. The van der Waals surface area contributed by atoms with Gasteiger partial charge in [0, 0.05) is 17.5 Å². The SMILES string of the molecule is C(=Nc1ccc2nc(SCc3ccc4c(c3)Cc3ccccc3-4)sc2c1)c1c2ccccc2cc2ccccc12. The van der Waals surface area contributed by atoms with Crippen LogP contribution >= 0.6 is 23.1 Å². The third-order valence-electron chi connectivity index (χ3n) is 7.73. The largest absolute Gasteiger partial charge is 0.256 e. The summed E-state index contributed by atoms with van der Waals surface area (Å²) in [6.07, 6.45) is 3.05. The minimum absolute atomic E-state index is 0.919. The Balaban J connectivity index is 1.04. The molecular formula is C36H24N2S2. The molecular weight excluding hydrogens is 525 g/mol. The molecule has 4 heteroatoms. The first-order valence-corrected chi connectivity index (χ1v) is 15.3. The van der Waals surface area contributed by atoms with E-state index in [1.165, 1.54) is 54.1 Å². The van der Waals surface area contributed by atoms with Crippen molar-refractivity contribution in [3.05, 3.63) is 138 Å². The van der Waals surface area contributed by atoms with E-state index >= 15 is 0 Å². The van der Waals surface area contributed by atoms with Crippen molar-refractivity contribution in [1.29, 1.82) is 0 Å². The predicted octanol–water partition coefficient (Wildman–Crippen LogP) is 10.2. The van der Waals surface area contributed by atoms with Crippen molar-refractivity contribution >= 4 is 66.8 Å². The summed E-state index contributed by atoms with van der Waals surface area (Å²) in [6.45, 7) is 0. The first kappa shape index (κ1) is 23.6. The Morgan fingerprint density at radius 3 is 2.33 bits per heavy atom. The molecule has 190 valence electrons. The number of rotatable bonds is 5. The van der Waals surface area contributed by atoms with Gasteiger partial charge in [-0.05, 0) is 80.0 Å². The maximum Gasteiger partial charge on any atom is 0.151 e. The van der Waals surface area contributed by atoms with E-state index in [2.05, 4.69) is 115 Å². The molecule has 1 aliphatic carbocycles. The minimum atomic E-state index is 0.919. The summed E-state index contributed by atoms with van der Waals surface area (Å²) in [7, 11) is 0. The lowest BCUT2D eigenvalue weighted by Crippen LogP contribution is -1.88. The van der Waals surface area contributed by atoms with Gasteiger partial charge in [-0.25, -0.2) is 4.98 Å². The molecule has 0 aliphatic heterocycles. The summed E-state index contributed by atoms with van der Waals surface area (Å²) in [5.41, 5.74) is 10.1. The van der Waals surface area contributed by atoms with Crippen LogP contribution in [0.2, 0.25) is 0 Å². The molecule has 6 aromatic carbocycles. The highest BCUT2D eigenvalue weighted by Gasteiger charge is 2.18. The van der Waals surface area contributed by atoms with Gasteiger partial charge in [-0.15, -0.1) is 11.3 Å². The molecule has 8 rings (SSSR count). The lowest BCUT2D eigenvalue weighted by atomic mass is 9.97. The summed E-state index contributed by atoms with van der Waals surface area (Å²) >= 11 is 3.57. The number of nitrogens with zero attached hydrogens (tertiary/aromatic N) is 2. The van der Waals surface area contributed by atoms with Crippen LogP contribution in [0.1, 0.15) is 22.3 Å². The second-order valence-electron chi connectivity index (χ2n) is 10.2. The van der Waals surface area contributed by atoms with Crippen molar-refractivity contribution in [2.24, 2.45) is 4.99 Å². The van der Waals surface area contributed by atoms with Crippen molar-refractivity contribution in [2.45, 2.75) is 16.5 Å². The van der Waals surface area contributed by atoms with E-state index in [-0.39, 0.29) is 0 Å². The minimum Gasteiger partial charge on any atom is -0.256 e. The number of aliphatic imine (C=N–C) groups is 1. The van der Waals surface area contributed by atoms with Crippen LogP contribution < -0.4 is 0 Å². The van der Waals surface area contributed by atoms with Gasteiger partial charge in [0.25, 0.3) is 0 Å². The Labute approximate surface area is 241 Å². The number of hydrogen-bond acceptors (Lipinski definition) is 4. The highest BCUT2D eigenvalue weighted by atomic mass is 32.2. The van der Waals surface area contributed by atoms with Gasteiger partial charge in [0.1, 0.15) is 0 Å². The van der Waals surface area contributed by atoms with Crippen LogP contribution in [0.3, 0.4) is 0 Å². The number of thiazole rings is 1. The van der Waals surface area contributed by atoms with Crippen molar-refractivity contribution in [3.8, 4) is 11.1 Å². The molecule has 0 N–H and O–H groups in total. The fourth-order valence-electron chi connectivity index (χ4n) is 5.79. The van der Waals surface area contributed by atoms with Crippen LogP contribution in [0.5, 0.6) is 0 Å². The highest BCUT2D eigenvalue weighted by Crippen LogP contribution is 2.39. The van der Waals surface area contributed by atoms with Gasteiger partial charge in [-0.3, -0.25) is 4.99 Å². The summed E-state index contributed by atoms with van der Waals surface area (Å²) in [5, 5.41) is 4.90. The average molecular weight is 549 g/mol. The Kier molecular flexibility index (Phi) is 5.75. The molecule has 40 heavy (non-hydrogen) atoms. The summed E-state index contributed by atoms with van der Waals surface area (Å²) in [4.78, 5) is 9.83. The van der Waals surface area contributed by atoms with Crippen LogP contribution in [-0.2, 0) is 12.2 Å². The third kappa shape index (κ3) is 4.21. The normalized spacial score (nSPS) is 12.5. The van der Waals surface area contributed by atoms with E-state index in [0.29, 0.717) is 0 Å².